The molecule has 0 amide bonds. The minimum Gasteiger partial charge on any atom is -0.399 e. The Kier molecular flexibility index (Phi) is 6.10. The van der Waals surface area contributed by atoms with Gasteiger partial charge in [-0.05, 0) is 85.1 Å². The summed E-state index contributed by atoms with van der Waals surface area (Å²) in [5, 5.41) is 4.96. The lowest BCUT2D eigenvalue weighted by molar-refractivity contribution is 0.00578. The van der Waals surface area contributed by atoms with E-state index in [1.807, 2.05) is 0 Å². The third-order valence-electron chi connectivity index (χ3n) is 9.68. The zero-order valence-electron chi connectivity index (χ0n) is 25.5. The smallest absolute Gasteiger partial charge is 0.399 e. The van der Waals surface area contributed by atoms with Crippen LogP contribution in [0, 0.1) is 0 Å². The highest BCUT2D eigenvalue weighted by Crippen LogP contribution is 2.40. The number of benzene rings is 6. The number of rotatable bonds is 4. The quantitative estimate of drug-likeness (QED) is 0.197. The molecule has 1 aliphatic rings. The highest BCUT2D eigenvalue weighted by molar-refractivity contribution is 6.64. The predicted molar refractivity (Wildman–Crippen MR) is 185 cm³/mol. The lowest BCUT2D eigenvalue weighted by Gasteiger charge is -2.32. The summed E-state index contributed by atoms with van der Waals surface area (Å²) in [6.07, 6.45) is 0. The highest BCUT2D eigenvalue weighted by Gasteiger charge is 2.52. The van der Waals surface area contributed by atoms with Crippen LogP contribution in [0.4, 0.5) is 0 Å². The van der Waals surface area contributed by atoms with Crippen LogP contribution in [0.3, 0.4) is 0 Å². The van der Waals surface area contributed by atoms with Crippen molar-refractivity contribution in [2.24, 2.45) is 0 Å². The van der Waals surface area contributed by atoms with Crippen molar-refractivity contribution in [3.05, 3.63) is 133 Å². The van der Waals surface area contributed by atoms with Crippen molar-refractivity contribution in [1.82, 2.24) is 4.57 Å². The predicted octanol–water partition coefficient (Wildman–Crippen LogP) is 9.57. The number of fused-ring (bicyclic) bond motifs is 4. The van der Waals surface area contributed by atoms with E-state index in [0.717, 1.165) is 22.2 Å². The number of hydrogen-bond donors (Lipinski definition) is 0. The topological polar surface area (TPSA) is 23.4 Å². The Balaban J connectivity index is 1.32. The van der Waals surface area contributed by atoms with Crippen LogP contribution >= 0.6 is 0 Å². The molecule has 214 valence electrons. The van der Waals surface area contributed by atoms with Gasteiger partial charge in [-0.2, -0.15) is 0 Å². The van der Waals surface area contributed by atoms with Gasteiger partial charge in [0, 0.05) is 16.2 Å². The lowest BCUT2D eigenvalue weighted by atomic mass is 9.73. The molecular weight excluding hydrogens is 537 g/mol. The van der Waals surface area contributed by atoms with Crippen molar-refractivity contribution < 1.29 is 9.31 Å². The molecule has 44 heavy (non-hydrogen) atoms. The molecule has 7 aromatic rings. The molecule has 0 bridgehead atoms. The second kappa shape index (κ2) is 9.95. The summed E-state index contributed by atoms with van der Waals surface area (Å²) in [6.45, 7) is 8.42. The largest absolute Gasteiger partial charge is 0.495 e. The van der Waals surface area contributed by atoms with Crippen LogP contribution in [0.1, 0.15) is 27.7 Å². The number of para-hydroxylation sites is 2. The van der Waals surface area contributed by atoms with Crippen LogP contribution in [0.15, 0.2) is 133 Å². The Hall–Kier alpha value is -4.64. The number of nitrogens with zero attached hydrogens (tertiary/aromatic N) is 1. The normalized spacial score (nSPS) is 15.9. The van der Waals surface area contributed by atoms with E-state index >= 15 is 0 Å². The molecule has 1 aliphatic heterocycles. The summed E-state index contributed by atoms with van der Waals surface area (Å²) in [5.74, 6) is 0. The van der Waals surface area contributed by atoms with Crippen molar-refractivity contribution in [2.75, 3.05) is 0 Å². The van der Waals surface area contributed by atoms with Crippen molar-refractivity contribution in [1.29, 1.82) is 0 Å². The van der Waals surface area contributed by atoms with Gasteiger partial charge < -0.3 is 13.9 Å². The summed E-state index contributed by atoms with van der Waals surface area (Å²) in [7, 11) is -0.446. The van der Waals surface area contributed by atoms with Gasteiger partial charge in [0.25, 0.3) is 0 Å². The number of aromatic nitrogens is 1. The van der Waals surface area contributed by atoms with E-state index in [9.17, 15) is 0 Å². The second-order valence-corrected chi connectivity index (χ2v) is 12.8. The van der Waals surface area contributed by atoms with E-state index < -0.39 is 18.3 Å². The molecule has 0 radical (unpaired) electrons. The summed E-state index contributed by atoms with van der Waals surface area (Å²) >= 11 is 0. The van der Waals surface area contributed by atoms with Gasteiger partial charge in [-0.15, -0.1) is 0 Å². The first-order chi connectivity index (χ1) is 21.3. The fourth-order valence-corrected chi connectivity index (χ4v) is 6.68. The molecule has 0 spiro atoms. The van der Waals surface area contributed by atoms with E-state index in [1.165, 1.54) is 43.8 Å². The van der Waals surface area contributed by atoms with Gasteiger partial charge >= 0.3 is 7.12 Å². The van der Waals surface area contributed by atoms with Crippen LogP contribution in [0.2, 0.25) is 0 Å². The summed E-state index contributed by atoms with van der Waals surface area (Å²) in [5.41, 5.74) is 8.45. The van der Waals surface area contributed by atoms with Crippen LogP contribution in [-0.4, -0.2) is 22.9 Å². The monoisotopic (exact) mass is 571 g/mol. The molecule has 0 atom stereocenters. The van der Waals surface area contributed by atoms with Crippen LogP contribution in [-0.2, 0) is 9.31 Å². The molecular formula is C40H34BNO2. The van der Waals surface area contributed by atoms with Crippen LogP contribution in [0.25, 0.3) is 60.5 Å². The van der Waals surface area contributed by atoms with Gasteiger partial charge in [-0.1, -0.05) is 109 Å². The molecule has 1 fully saturated rings. The zero-order chi connectivity index (χ0) is 30.1. The zero-order valence-corrected chi connectivity index (χ0v) is 25.5. The molecule has 1 aromatic heterocycles. The van der Waals surface area contributed by atoms with E-state index in [2.05, 4.69) is 166 Å². The lowest BCUT2D eigenvalue weighted by Crippen LogP contribution is -2.41. The molecule has 4 heteroatoms. The van der Waals surface area contributed by atoms with Crippen LogP contribution in [0.5, 0.6) is 0 Å². The summed E-state index contributed by atoms with van der Waals surface area (Å²) in [4.78, 5) is 0. The summed E-state index contributed by atoms with van der Waals surface area (Å²) < 4.78 is 15.5. The Labute approximate surface area is 258 Å². The van der Waals surface area contributed by atoms with Gasteiger partial charge in [0.1, 0.15) is 0 Å². The second-order valence-electron chi connectivity index (χ2n) is 12.8. The maximum absolute atomic E-state index is 6.53. The Morgan fingerprint density at radius 3 is 1.66 bits per heavy atom. The highest BCUT2D eigenvalue weighted by atomic mass is 16.7. The first kappa shape index (κ1) is 27.0. The van der Waals surface area contributed by atoms with Crippen molar-refractivity contribution >= 4 is 45.2 Å². The molecule has 0 unspecified atom stereocenters. The number of hydrogen-bond acceptors (Lipinski definition) is 2. The average molecular weight is 572 g/mol. The molecule has 3 nitrogen and oxygen atoms in total. The van der Waals surface area contributed by atoms with Crippen LogP contribution < -0.4 is 5.46 Å². The first-order valence-corrected chi connectivity index (χ1v) is 15.4. The molecule has 6 aromatic carbocycles. The minimum atomic E-state index is -0.446. The molecule has 2 heterocycles. The summed E-state index contributed by atoms with van der Waals surface area (Å²) in [6, 6.07) is 48.0. The van der Waals surface area contributed by atoms with Crippen molar-refractivity contribution in [3.8, 4) is 27.9 Å². The Morgan fingerprint density at radius 1 is 0.477 bits per heavy atom. The van der Waals surface area contributed by atoms with Gasteiger partial charge in [0.15, 0.2) is 0 Å². The van der Waals surface area contributed by atoms with Gasteiger partial charge in [-0.3, -0.25) is 0 Å². The fourth-order valence-electron chi connectivity index (χ4n) is 6.68. The average Bonchev–Trinajstić information content (AvgIpc) is 3.49. The molecule has 1 saturated heterocycles. The molecule has 0 aliphatic carbocycles. The van der Waals surface area contributed by atoms with Gasteiger partial charge in [0.05, 0.1) is 27.9 Å². The molecule has 0 N–H and O–H groups in total. The van der Waals surface area contributed by atoms with E-state index in [-0.39, 0.29) is 0 Å². The Bertz CT molecular complexity index is 2130. The third-order valence-corrected chi connectivity index (χ3v) is 9.68. The Morgan fingerprint density at radius 2 is 1.02 bits per heavy atom. The maximum atomic E-state index is 6.53. The van der Waals surface area contributed by atoms with Gasteiger partial charge in [-0.25, -0.2) is 0 Å². The third kappa shape index (κ3) is 4.13. The maximum Gasteiger partial charge on any atom is 0.495 e. The van der Waals surface area contributed by atoms with Crippen molar-refractivity contribution in [2.45, 2.75) is 38.9 Å². The SMILES string of the molecule is CC1(C)OB(c2ccc(-c3ccc(-n4c5ccccc5c5ccccc54)c4ccccc34)cc2-c2ccccc2)OC1(C)C. The first-order valence-electron chi connectivity index (χ1n) is 15.4. The van der Waals surface area contributed by atoms with E-state index in [1.54, 1.807) is 0 Å². The fraction of sp³-hybridized carbons (Fsp3) is 0.150. The molecule has 0 saturated carbocycles. The van der Waals surface area contributed by atoms with E-state index in [4.69, 9.17) is 9.31 Å². The standard InChI is InChI=1S/C40H34BNO2/c1-39(2)40(3,4)44-41(43-39)35-24-22-28(26-34(35)27-14-6-5-7-15-27)29-23-25-38(31-17-9-8-16-30(29)31)42-36-20-12-10-18-32(36)33-19-11-13-21-37(33)42/h5-26H,1-4H3. The molecule has 8 rings (SSSR count). The van der Waals surface area contributed by atoms with Crippen molar-refractivity contribution in [3.63, 3.8) is 0 Å². The van der Waals surface area contributed by atoms with Gasteiger partial charge in [0.2, 0.25) is 0 Å². The minimum absolute atomic E-state index is 0.414. The van der Waals surface area contributed by atoms with E-state index in [0.29, 0.717) is 0 Å².